The molecule has 4 heterocycles. The van der Waals surface area contributed by atoms with Crippen LogP contribution in [-0.4, -0.2) is 53.9 Å². The molecule has 1 amide bonds. The van der Waals surface area contributed by atoms with Gasteiger partial charge in [0, 0.05) is 24.7 Å². The molecule has 1 saturated heterocycles. The molecule has 0 N–H and O–H groups in total. The van der Waals surface area contributed by atoms with Crippen LogP contribution in [0.5, 0.6) is 0 Å². The van der Waals surface area contributed by atoms with E-state index in [2.05, 4.69) is 20.3 Å². The van der Waals surface area contributed by atoms with Gasteiger partial charge in [-0.1, -0.05) is 11.8 Å². The Balaban J connectivity index is 1.60. The summed E-state index contributed by atoms with van der Waals surface area (Å²) in [6.07, 6.45) is 2.83. The Morgan fingerprint density at radius 3 is 2.91 bits per heavy atom. The third kappa shape index (κ3) is 2.70. The lowest BCUT2D eigenvalue weighted by Crippen LogP contribution is -2.45. The van der Waals surface area contributed by atoms with E-state index in [1.807, 2.05) is 29.3 Å². The lowest BCUT2D eigenvalue weighted by atomic mass is 10.2. The van der Waals surface area contributed by atoms with E-state index in [4.69, 9.17) is 0 Å². The molecule has 3 aromatic rings. The van der Waals surface area contributed by atoms with Crippen LogP contribution >= 0.6 is 23.1 Å². The molecule has 4 rings (SSSR count). The topological polar surface area (TPSA) is 76.3 Å². The third-order valence-electron chi connectivity index (χ3n) is 3.67. The first kappa shape index (κ1) is 14.6. The summed E-state index contributed by atoms with van der Waals surface area (Å²) in [5, 5.41) is 16.1. The number of rotatable bonds is 4. The van der Waals surface area contributed by atoms with Crippen molar-refractivity contribution >= 4 is 34.7 Å². The molecule has 1 aliphatic heterocycles. The summed E-state index contributed by atoms with van der Waals surface area (Å²) in [5.41, 5.74) is 0.668. The second kappa shape index (κ2) is 5.89. The highest BCUT2D eigenvalue weighted by Gasteiger charge is 2.26. The van der Waals surface area contributed by atoms with Crippen molar-refractivity contribution in [1.29, 1.82) is 0 Å². The Bertz CT molecular complexity index is 842. The largest absolute Gasteiger partial charge is 0.342 e. The van der Waals surface area contributed by atoms with Gasteiger partial charge in [-0.05, 0) is 25.5 Å². The highest BCUT2D eigenvalue weighted by atomic mass is 32.2. The molecular formula is C14H14N6OS2. The van der Waals surface area contributed by atoms with Gasteiger partial charge >= 0.3 is 0 Å². The van der Waals surface area contributed by atoms with Crippen molar-refractivity contribution < 1.29 is 4.79 Å². The minimum Gasteiger partial charge on any atom is -0.342 e. The zero-order chi connectivity index (χ0) is 15.8. The molecule has 7 nitrogen and oxygen atoms in total. The number of carbonyl (C=O) groups excluding carboxylic acids is 1. The van der Waals surface area contributed by atoms with Crippen molar-refractivity contribution in [3.05, 3.63) is 23.7 Å². The van der Waals surface area contributed by atoms with E-state index < -0.39 is 0 Å². The Morgan fingerprint density at radius 1 is 1.35 bits per heavy atom. The SMILES string of the molecule is CC(Sc1ccc2nnc(-c3nccs3)n2n1)C(=O)N1CCC1. The van der Waals surface area contributed by atoms with Crippen LogP contribution in [0, 0.1) is 0 Å². The minimum atomic E-state index is -0.153. The van der Waals surface area contributed by atoms with Crippen LogP contribution in [0.2, 0.25) is 0 Å². The molecular weight excluding hydrogens is 332 g/mol. The molecule has 9 heteroatoms. The fraction of sp³-hybridized carbons (Fsp3) is 0.357. The molecule has 0 aliphatic carbocycles. The number of amides is 1. The van der Waals surface area contributed by atoms with Crippen LogP contribution in [0.4, 0.5) is 0 Å². The molecule has 3 aromatic heterocycles. The van der Waals surface area contributed by atoms with Crippen LogP contribution < -0.4 is 0 Å². The number of likely N-dealkylation sites (tertiary alicyclic amines) is 1. The maximum absolute atomic E-state index is 12.2. The highest BCUT2D eigenvalue weighted by Crippen LogP contribution is 2.26. The zero-order valence-electron chi connectivity index (χ0n) is 12.4. The van der Waals surface area contributed by atoms with Gasteiger partial charge in [0.05, 0.1) is 5.25 Å². The van der Waals surface area contributed by atoms with E-state index in [1.54, 1.807) is 10.7 Å². The Kier molecular flexibility index (Phi) is 3.74. The van der Waals surface area contributed by atoms with Crippen molar-refractivity contribution in [3.8, 4) is 10.8 Å². The molecule has 0 radical (unpaired) electrons. The molecule has 1 fully saturated rings. The zero-order valence-corrected chi connectivity index (χ0v) is 14.0. The predicted octanol–water partition coefficient (Wildman–Crippen LogP) is 1.96. The van der Waals surface area contributed by atoms with Gasteiger partial charge < -0.3 is 4.90 Å². The summed E-state index contributed by atoms with van der Waals surface area (Å²) in [4.78, 5) is 18.4. The van der Waals surface area contributed by atoms with E-state index >= 15 is 0 Å². The molecule has 23 heavy (non-hydrogen) atoms. The molecule has 1 atom stereocenters. The van der Waals surface area contributed by atoms with Crippen LogP contribution in [0.25, 0.3) is 16.5 Å². The second-order valence-corrected chi connectivity index (χ2v) is 7.50. The molecule has 0 bridgehead atoms. The normalized spacial score (nSPS) is 15.6. The van der Waals surface area contributed by atoms with Gasteiger partial charge in [-0.25, -0.2) is 4.98 Å². The Labute approximate surface area is 140 Å². The molecule has 1 aliphatic rings. The van der Waals surface area contributed by atoms with E-state index in [1.165, 1.54) is 23.1 Å². The van der Waals surface area contributed by atoms with E-state index in [9.17, 15) is 4.79 Å². The van der Waals surface area contributed by atoms with Crippen molar-refractivity contribution in [3.63, 3.8) is 0 Å². The number of hydrogen-bond donors (Lipinski definition) is 0. The van der Waals surface area contributed by atoms with Gasteiger partial charge in [-0.2, -0.15) is 9.61 Å². The molecule has 118 valence electrons. The smallest absolute Gasteiger partial charge is 0.235 e. The van der Waals surface area contributed by atoms with Gasteiger partial charge in [-0.3, -0.25) is 4.79 Å². The Morgan fingerprint density at radius 2 is 2.22 bits per heavy atom. The average Bonchev–Trinajstić information content (AvgIpc) is 3.13. The third-order valence-corrected chi connectivity index (χ3v) is 5.46. The van der Waals surface area contributed by atoms with Gasteiger partial charge in [0.1, 0.15) is 5.03 Å². The number of fused-ring (bicyclic) bond motifs is 1. The van der Waals surface area contributed by atoms with Crippen LogP contribution in [-0.2, 0) is 4.79 Å². The summed E-state index contributed by atoms with van der Waals surface area (Å²) in [5.74, 6) is 0.797. The molecule has 1 unspecified atom stereocenters. The molecule has 0 spiro atoms. The number of carbonyl (C=O) groups is 1. The number of thiazole rings is 1. The van der Waals surface area contributed by atoms with Crippen LogP contribution in [0.15, 0.2) is 28.7 Å². The van der Waals surface area contributed by atoms with Crippen LogP contribution in [0.3, 0.4) is 0 Å². The van der Waals surface area contributed by atoms with Crippen molar-refractivity contribution in [1.82, 2.24) is 29.7 Å². The summed E-state index contributed by atoms with van der Waals surface area (Å²) >= 11 is 2.95. The minimum absolute atomic E-state index is 0.153. The standard InChI is InChI=1S/C14H14N6OS2/c1-9(14(21)19-6-2-7-19)23-11-4-3-10-16-17-12(20(10)18-11)13-15-5-8-22-13/h3-5,8-9H,2,6-7H2,1H3. The number of aromatic nitrogens is 5. The van der Waals surface area contributed by atoms with E-state index in [0.29, 0.717) is 11.5 Å². The van der Waals surface area contributed by atoms with Gasteiger partial charge in [0.15, 0.2) is 10.7 Å². The first-order valence-corrected chi connectivity index (χ1v) is 9.06. The molecule has 0 saturated carbocycles. The quantitative estimate of drug-likeness (QED) is 0.672. The van der Waals surface area contributed by atoms with Crippen molar-refractivity contribution in [2.45, 2.75) is 23.6 Å². The summed E-state index contributed by atoms with van der Waals surface area (Å²) in [7, 11) is 0. The predicted molar refractivity (Wildman–Crippen MR) is 88.4 cm³/mol. The monoisotopic (exact) mass is 346 g/mol. The van der Waals surface area contributed by atoms with E-state index in [-0.39, 0.29) is 11.2 Å². The fourth-order valence-electron chi connectivity index (χ4n) is 2.33. The maximum Gasteiger partial charge on any atom is 0.235 e. The number of nitrogens with zero attached hydrogens (tertiary/aromatic N) is 6. The van der Waals surface area contributed by atoms with Crippen LogP contribution in [0.1, 0.15) is 13.3 Å². The van der Waals surface area contributed by atoms with Crippen molar-refractivity contribution in [2.24, 2.45) is 0 Å². The van der Waals surface area contributed by atoms with Gasteiger partial charge in [0.25, 0.3) is 0 Å². The second-order valence-electron chi connectivity index (χ2n) is 5.24. The molecule has 0 aromatic carbocycles. The summed E-state index contributed by atoms with van der Waals surface area (Å²) in [6.45, 7) is 3.66. The lowest BCUT2D eigenvalue weighted by Gasteiger charge is -2.32. The first-order valence-electron chi connectivity index (χ1n) is 7.30. The lowest BCUT2D eigenvalue weighted by molar-refractivity contribution is -0.133. The van der Waals surface area contributed by atoms with E-state index in [0.717, 1.165) is 29.5 Å². The number of hydrogen-bond acceptors (Lipinski definition) is 7. The first-order chi connectivity index (χ1) is 11.2. The summed E-state index contributed by atoms with van der Waals surface area (Å²) < 4.78 is 1.68. The average molecular weight is 346 g/mol. The fourth-order valence-corrected chi connectivity index (χ4v) is 3.82. The Hall–Kier alpha value is -2.00. The maximum atomic E-state index is 12.2. The van der Waals surface area contributed by atoms with Gasteiger partial charge in [-0.15, -0.1) is 21.5 Å². The van der Waals surface area contributed by atoms with Crippen molar-refractivity contribution in [2.75, 3.05) is 13.1 Å². The number of thioether (sulfide) groups is 1. The van der Waals surface area contributed by atoms with Gasteiger partial charge in [0.2, 0.25) is 11.7 Å². The summed E-state index contributed by atoms with van der Waals surface area (Å²) in [6, 6.07) is 3.74. The highest BCUT2D eigenvalue weighted by molar-refractivity contribution is 8.00.